The summed E-state index contributed by atoms with van der Waals surface area (Å²) in [5.74, 6) is 1.17. The van der Waals surface area contributed by atoms with Crippen LogP contribution in [0, 0.1) is 0 Å². The molecule has 0 saturated carbocycles. The lowest BCUT2D eigenvalue weighted by Gasteiger charge is -2.18. The maximum atomic E-state index is 12.5. The molecule has 3 aromatic rings. The molecule has 4 rings (SSSR count). The summed E-state index contributed by atoms with van der Waals surface area (Å²) in [6.45, 7) is 7.84. The van der Waals surface area contributed by atoms with Gasteiger partial charge in [-0.15, -0.1) is 0 Å². The summed E-state index contributed by atoms with van der Waals surface area (Å²) in [7, 11) is 0. The average Bonchev–Trinajstić information content (AvgIpc) is 3.34. The topological polar surface area (TPSA) is 59.2 Å². The van der Waals surface area contributed by atoms with E-state index in [1.54, 1.807) is 0 Å². The summed E-state index contributed by atoms with van der Waals surface area (Å²) in [4.78, 5) is 18.9. The van der Waals surface area contributed by atoms with Crippen molar-refractivity contribution in [3.63, 3.8) is 0 Å². The van der Waals surface area contributed by atoms with E-state index in [4.69, 9.17) is 16.1 Å². The molecule has 1 saturated heterocycles. The van der Waals surface area contributed by atoms with Crippen LogP contribution in [-0.4, -0.2) is 34.0 Å². The van der Waals surface area contributed by atoms with Crippen LogP contribution in [0.25, 0.3) is 11.4 Å². The van der Waals surface area contributed by atoms with Crippen LogP contribution in [0.3, 0.4) is 0 Å². The first-order valence-corrected chi connectivity index (χ1v) is 10.6. The predicted molar refractivity (Wildman–Crippen MR) is 118 cm³/mol. The molecule has 1 atom stereocenters. The number of carbonyl (C=O) groups excluding carboxylic acids is 1. The second kappa shape index (κ2) is 8.23. The molecule has 2 heterocycles. The average molecular weight is 424 g/mol. The summed E-state index contributed by atoms with van der Waals surface area (Å²) in [5.41, 5.74) is 3.43. The smallest absolute Gasteiger partial charge is 0.232 e. The number of nitrogens with zero attached hydrogens (tertiary/aromatic N) is 3. The number of amides is 1. The van der Waals surface area contributed by atoms with Gasteiger partial charge in [-0.3, -0.25) is 4.79 Å². The van der Waals surface area contributed by atoms with Gasteiger partial charge in [0.15, 0.2) is 0 Å². The van der Waals surface area contributed by atoms with Crippen molar-refractivity contribution in [2.24, 2.45) is 0 Å². The molecule has 1 amide bonds. The third kappa shape index (κ3) is 4.57. The van der Waals surface area contributed by atoms with Gasteiger partial charge < -0.3 is 9.42 Å². The van der Waals surface area contributed by atoms with Crippen molar-refractivity contribution < 1.29 is 9.32 Å². The molecule has 156 valence electrons. The number of rotatable bonds is 5. The lowest BCUT2D eigenvalue weighted by molar-refractivity contribution is -0.127. The number of likely N-dealkylation sites (tertiary alicyclic amines) is 1. The maximum Gasteiger partial charge on any atom is 0.232 e. The first-order valence-electron chi connectivity index (χ1n) is 10.3. The Morgan fingerprint density at radius 2 is 1.80 bits per heavy atom. The van der Waals surface area contributed by atoms with Crippen LogP contribution in [0.15, 0.2) is 53.1 Å². The second-order valence-corrected chi connectivity index (χ2v) is 9.34. The third-order valence-corrected chi connectivity index (χ3v) is 5.85. The predicted octanol–water partition coefficient (Wildman–Crippen LogP) is 5.25. The fraction of sp³-hybridized carbons (Fsp3) is 0.375. The molecule has 1 aliphatic rings. The van der Waals surface area contributed by atoms with Crippen LogP contribution in [0.5, 0.6) is 0 Å². The standard InChI is InChI=1S/C24H26ClN3O2/c1-24(2,3)19-8-6-17(7-9-19)22-26-23(30-27-22)18-14-21(29)28(15-18)13-12-16-4-10-20(25)11-5-16/h4-11,18H,12-15H2,1-3H3. The van der Waals surface area contributed by atoms with Gasteiger partial charge in [0.2, 0.25) is 17.6 Å². The van der Waals surface area contributed by atoms with E-state index in [2.05, 4.69) is 43.0 Å². The van der Waals surface area contributed by atoms with E-state index in [1.165, 1.54) is 5.56 Å². The van der Waals surface area contributed by atoms with E-state index in [0.717, 1.165) is 22.6 Å². The molecule has 2 aromatic carbocycles. The van der Waals surface area contributed by atoms with Gasteiger partial charge in [-0.25, -0.2) is 0 Å². The molecule has 0 bridgehead atoms. The minimum Gasteiger partial charge on any atom is -0.342 e. The molecule has 1 aliphatic heterocycles. The molecular weight excluding hydrogens is 398 g/mol. The van der Waals surface area contributed by atoms with E-state index >= 15 is 0 Å². The highest BCUT2D eigenvalue weighted by atomic mass is 35.5. The zero-order valence-electron chi connectivity index (χ0n) is 17.6. The van der Waals surface area contributed by atoms with Crippen LogP contribution in [0.2, 0.25) is 5.02 Å². The van der Waals surface area contributed by atoms with Crippen molar-refractivity contribution in [2.45, 2.75) is 44.9 Å². The van der Waals surface area contributed by atoms with Crippen molar-refractivity contribution in [3.05, 3.63) is 70.6 Å². The quantitative estimate of drug-likeness (QED) is 0.562. The number of halogens is 1. The molecule has 5 nitrogen and oxygen atoms in total. The number of hydrogen-bond donors (Lipinski definition) is 0. The highest BCUT2D eigenvalue weighted by Crippen LogP contribution is 2.30. The number of carbonyl (C=O) groups is 1. The van der Waals surface area contributed by atoms with Gasteiger partial charge in [-0.05, 0) is 35.1 Å². The number of aromatic nitrogens is 2. The van der Waals surface area contributed by atoms with Crippen LogP contribution >= 0.6 is 11.6 Å². The SMILES string of the molecule is CC(C)(C)c1ccc(-c2noc(C3CC(=O)N(CCc4ccc(Cl)cc4)C3)n2)cc1. The van der Waals surface area contributed by atoms with E-state index in [-0.39, 0.29) is 17.2 Å². The molecule has 6 heteroatoms. The van der Waals surface area contributed by atoms with Crippen molar-refractivity contribution in [2.75, 3.05) is 13.1 Å². The minimum absolute atomic E-state index is 0.0576. The molecule has 0 radical (unpaired) electrons. The summed E-state index contributed by atoms with van der Waals surface area (Å²) >= 11 is 5.94. The second-order valence-electron chi connectivity index (χ2n) is 8.90. The lowest BCUT2D eigenvalue weighted by atomic mass is 9.87. The molecule has 0 N–H and O–H groups in total. The Morgan fingerprint density at radius 3 is 2.47 bits per heavy atom. The largest absolute Gasteiger partial charge is 0.342 e. The Morgan fingerprint density at radius 1 is 1.10 bits per heavy atom. The highest BCUT2D eigenvalue weighted by Gasteiger charge is 2.34. The Hall–Kier alpha value is -2.66. The van der Waals surface area contributed by atoms with Crippen LogP contribution in [-0.2, 0) is 16.6 Å². The highest BCUT2D eigenvalue weighted by molar-refractivity contribution is 6.30. The Bertz CT molecular complexity index is 1020. The van der Waals surface area contributed by atoms with Gasteiger partial charge in [0.25, 0.3) is 0 Å². The molecule has 0 aliphatic carbocycles. The monoisotopic (exact) mass is 423 g/mol. The van der Waals surface area contributed by atoms with Gasteiger partial charge in [0.05, 0.1) is 5.92 Å². The first-order chi connectivity index (χ1) is 14.3. The van der Waals surface area contributed by atoms with Gasteiger partial charge in [0.1, 0.15) is 0 Å². The van der Waals surface area contributed by atoms with Gasteiger partial charge in [-0.1, -0.05) is 73.9 Å². The van der Waals surface area contributed by atoms with Crippen molar-refractivity contribution in [3.8, 4) is 11.4 Å². The van der Waals surface area contributed by atoms with Gasteiger partial charge >= 0.3 is 0 Å². The van der Waals surface area contributed by atoms with Crippen LogP contribution < -0.4 is 0 Å². The molecule has 1 fully saturated rings. The molecule has 30 heavy (non-hydrogen) atoms. The minimum atomic E-state index is -0.0576. The maximum absolute atomic E-state index is 12.5. The van der Waals surface area contributed by atoms with Crippen molar-refractivity contribution in [1.82, 2.24) is 15.0 Å². The summed E-state index contributed by atoms with van der Waals surface area (Å²) < 4.78 is 5.52. The Labute approximate surface area is 182 Å². The van der Waals surface area contributed by atoms with E-state index in [0.29, 0.717) is 31.2 Å². The zero-order valence-corrected chi connectivity index (χ0v) is 18.3. The number of benzene rings is 2. The van der Waals surface area contributed by atoms with E-state index < -0.39 is 0 Å². The Kier molecular flexibility index (Phi) is 5.65. The number of hydrogen-bond acceptors (Lipinski definition) is 4. The molecule has 0 spiro atoms. The molecular formula is C24H26ClN3O2. The van der Waals surface area contributed by atoms with Crippen molar-refractivity contribution in [1.29, 1.82) is 0 Å². The normalized spacial score (nSPS) is 17.0. The first kappa shape index (κ1) is 20.6. The van der Waals surface area contributed by atoms with Gasteiger partial charge in [-0.2, -0.15) is 4.98 Å². The molecule has 1 unspecified atom stereocenters. The van der Waals surface area contributed by atoms with Crippen LogP contribution in [0.4, 0.5) is 0 Å². The third-order valence-electron chi connectivity index (χ3n) is 5.60. The van der Waals surface area contributed by atoms with Crippen molar-refractivity contribution >= 4 is 17.5 Å². The van der Waals surface area contributed by atoms with E-state index in [1.807, 2.05) is 41.3 Å². The van der Waals surface area contributed by atoms with Gasteiger partial charge in [0, 0.05) is 30.1 Å². The fourth-order valence-electron chi connectivity index (χ4n) is 3.71. The van der Waals surface area contributed by atoms with Crippen LogP contribution in [0.1, 0.15) is 50.1 Å². The summed E-state index contributed by atoms with van der Waals surface area (Å²) in [5, 5.41) is 4.87. The summed E-state index contributed by atoms with van der Waals surface area (Å²) in [6, 6.07) is 16.0. The summed E-state index contributed by atoms with van der Waals surface area (Å²) in [6.07, 6.45) is 1.20. The lowest BCUT2D eigenvalue weighted by Crippen LogP contribution is -2.27. The molecule has 1 aromatic heterocycles. The fourth-order valence-corrected chi connectivity index (χ4v) is 3.83. The zero-order chi connectivity index (χ0) is 21.3. The Balaban J connectivity index is 1.40. The van der Waals surface area contributed by atoms with E-state index in [9.17, 15) is 4.79 Å².